The summed E-state index contributed by atoms with van der Waals surface area (Å²) in [5, 5.41) is 4.03. The highest BCUT2D eigenvalue weighted by Crippen LogP contribution is 2.35. The fourth-order valence-electron chi connectivity index (χ4n) is 2.71. The number of thioether (sulfide) groups is 1. The lowest BCUT2D eigenvalue weighted by Gasteiger charge is -2.26. The molecular weight excluding hydrogens is 274 g/mol. The lowest BCUT2D eigenvalue weighted by molar-refractivity contribution is 0.555. The fraction of sp³-hybridized carbons (Fsp3) is 0.368. The summed E-state index contributed by atoms with van der Waals surface area (Å²) >= 11 is 1.99. The third-order valence-electron chi connectivity index (χ3n) is 3.85. The normalized spacial score (nSPS) is 13.9. The molecule has 21 heavy (non-hydrogen) atoms. The first-order valence-corrected chi connectivity index (χ1v) is 8.49. The van der Waals surface area contributed by atoms with E-state index in [9.17, 15) is 0 Å². The van der Waals surface area contributed by atoms with Crippen molar-refractivity contribution >= 4 is 11.8 Å². The Labute approximate surface area is 133 Å². The predicted molar refractivity (Wildman–Crippen MR) is 94.1 cm³/mol. The number of benzene rings is 2. The zero-order chi connectivity index (χ0) is 15.2. The van der Waals surface area contributed by atoms with Crippen molar-refractivity contribution in [1.82, 2.24) is 5.32 Å². The van der Waals surface area contributed by atoms with Gasteiger partial charge in [0.25, 0.3) is 0 Å². The van der Waals surface area contributed by atoms with Gasteiger partial charge in [-0.15, -0.1) is 11.8 Å². The predicted octanol–water partition coefficient (Wildman–Crippen LogP) is 5.13. The molecule has 2 aromatic carbocycles. The fourth-order valence-corrected chi connectivity index (χ4v) is 4.02. The molecule has 2 atom stereocenters. The first kappa shape index (κ1) is 16.1. The highest BCUT2D eigenvalue weighted by atomic mass is 32.2. The van der Waals surface area contributed by atoms with E-state index in [0.717, 1.165) is 6.42 Å². The van der Waals surface area contributed by atoms with Crippen LogP contribution in [0.5, 0.6) is 0 Å². The first-order valence-electron chi connectivity index (χ1n) is 7.61. The molecular formula is C19H25NS. The molecule has 0 bridgehead atoms. The molecule has 2 unspecified atom stereocenters. The Kier molecular flexibility index (Phi) is 5.89. The van der Waals surface area contributed by atoms with Gasteiger partial charge >= 0.3 is 0 Å². The van der Waals surface area contributed by atoms with Crippen LogP contribution in [0.25, 0.3) is 0 Å². The average Bonchev–Trinajstić information content (AvgIpc) is 2.50. The lowest BCUT2D eigenvalue weighted by Crippen LogP contribution is -2.27. The molecule has 0 aliphatic heterocycles. The number of hydrogen-bond acceptors (Lipinski definition) is 2. The molecule has 1 N–H and O–H groups in total. The van der Waals surface area contributed by atoms with Gasteiger partial charge in [0, 0.05) is 16.2 Å². The van der Waals surface area contributed by atoms with E-state index < -0.39 is 0 Å². The lowest BCUT2D eigenvalue weighted by atomic mass is 10.0. The van der Waals surface area contributed by atoms with Gasteiger partial charge in [0.05, 0.1) is 0 Å². The SMILES string of the molecule is CCC(Sc1ccc(C)cc1C)C(NC)c1ccccc1. The van der Waals surface area contributed by atoms with E-state index in [2.05, 4.69) is 81.7 Å². The first-order chi connectivity index (χ1) is 10.2. The van der Waals surface area contributed by atoms with Gasteiger partial charge < -0.3 is 5.32 Å². The quantitative estimate of drug-likeness (QED) is 0.742. The molecule has 2 aromatic rings. The number of nitrogens with one attached hydrogen (secondary N) is 1. The topological polar surface area (TPSA) is 12.0 Å². The smallest absolute Gasteiger partial charge is 0.0441 e. The van der Waals surface area contributed by atoms with E-state index in [0.29, 0.717) is 11.3 Å². The third kappa shape index (κ3) is 4.12. The van der Waals surface area contributed by atoms with Crippen molar-refractivity contribution in [2.24, 2.45) is 0 Å². The molecule has 0 radical (unpaired) electrons. The molecule has 0 saturated carbocycles. The van der Waals surface area contributed by atoms with Crippen molar-refractivity contribution in [3.05, 3.63) is 65.2 Å². The van der Waals surface area contributed by atoms with Crippen LogP contribution < -0.4 is 5.32 Å². The van der Waals surface area contributed by atoms with Crippen LogP contribution in [0.3, 0.4) is 0 Å². The van der Waals surface area contributed by atoms with Gasteiger partial charge in [-0.1, -0.05) is 55.0 Å². The Hall–Kier alpha value is -1.25. The summed E-state index contributed by atoms with van der Waals surface area (Å²) in [6, 6.07) is 17.9. The minimum absolute atomic E-state index is 0.377. The van der Waals surface area contributed by atoms with Crippen LogP contribution in [-0.2, 0) is 0 Å². The highest BCUT2D eigenvalue weighted by molar-refractivity contribution is 8.00. The summed E-state index contributed by atoms with van der Waals surface area (Å²) < 4.78 is 0. The van der Waals surface area contributed by atoms with Crippen molar-refractivity contribution in [2.75, 3.05) is 7.05 Å². The summed E-state index contributed by atoms with van der Waals surface area (Å²) in [5.41, 5.74) is 4.07. The minimum Gasteiger partial charge on any atom is -0.312 e. The van der Waals surface area contributed by atoms with E-state index in [1.165, 1.54) is 21.6 Å². The molecule has 0 amide bonds. The van der Waals surface area contributed by atoms with E-state index >= 15 is 0 Å². The summed E-state index contributed by atoms with van der Waals surface area (Å²) in [4.78, 5) is 1.39. The third-order valence-corrected chi connectivity index (χ3v) is 5.47. The maximum absolute atomic E-state index is 3.50. The van der Waals surface area contributed by atoms with Crippen molar-refractivity contribution < 1.29 is 0 Å². The van der Waals surface area contributed by atoms with Crippen molar-refractivity contribution in [3.8, 4) is 0 Å². The zero-order valence-corrected chi connectivity index (χ0v) is 14.2. The Morgan fingerprint density at radius 2 is 1.76 bits per heavy atom. The van der Waals surface area contributed by atoms with Crippen molar-refractivity contribution in [1.29, 1.82) is 0 Å². The number of hydrogen-bond donors (Lipinski definition) is 1. The van der Waals surface area contributed by atoms with Gasteiger partial charge in [-0.3, -0.25) is 0 Å². The van der Waals surface area contributed by atoms with Crippen LogP contribution in [-0.4, -0.2) is 12.3 Å². The summed E-state index contributed by atoms with van der Waals surface area (Å²) in [5.74, 6) is 0. The van der Waals surface area contributed by atoms with Crippen LogP contribution >= 0.6 is 11.8 Å². The standard InChI is InChI=1S/C19H25NS/c1-5-17(19(20-4)16-9-7-6-8-10-16)21-18-12-11-14(2)13-15(18)3/h6-13,17,19-20H,5H2,1-4H3. The molecule has 0 aliphatic rings. The van der Waals surface area contributed by atoms with Gasteiger partial charge in [0.15, 0.2) is 0 Å². The molecule has 0 fully saturated rings. The summed E-state index contributed by atoms with van der Waals surface area (Å²) in [6.07, 6.45) is 1.14. The Morgan fingerprint density at radius 3 is 2.33 bits per heavy atom. The molecule has 1 nitrogen and oxygen atoms in total. The maximum Gasteiger partial charge on any atom is 0.0441 e. The van der Waals surface area contributed by atoms with Crippen LogP contribution in [0, 0.1) is 13.8 Å². The van der Waals surface area contributed by atoms with E-state index in [-0.39, 0.29) is 0 Å². The Bertz CT molecular complexity index is 565. The summed E-state index contributed by atoms with van der Waals surface area (Å²) in [7, 11) is 2.06. The molecule has 0 aromatic heterocycles. The van der Waals surface area contributed by atoms with Gasteiger partial charge in [-0.25, -0.2) is 0 Å². The second-order valence-electron chi connectivity index (χ2n) is 5.51. The highest BCUT2D eigenvalue weighted by Gasteiger charge is 2.21. The van der Waals surface area contributed by atoms with E-state index in [1.54, 1.807) is 0 Å². The molecule has 0 heterocycles. The van der Waals surface area contributed by atoms with Crippen molar-refractivity contribution in [3.63, 3.8) is 0 Å². The molecule has 2 rings (SSSR count). The van der Waals surface area contributed by atoms with Crippen LogP contribution in [0.2, 0.25) is 0 Å². The van der Waals surface area contributed by atoms with Gasteiger partial charge in [-0.05, 0) is 44.5 Å². The minimum atomic E-state index is 0.377. The van der Waals surface area contributed by atoms with Crippen molar-refractivity contribution in [2.45, 2.75) is 43.4 Å². The molecule has 112 valence electrons. The molecule has 0 spiro atoms. The summed E-state index contributed by atoms with van der Waals surface area (Å²) in [6.45, 7) is 6.63. The van der Waals surface area contributed by atoms with Gasteiger partial charge in [0.1, 0.15) is 0 Å². The van der Waals surface area contributed by atoms with Crippen LogP contribution in [0.1, 0.15) is 36.1 Å². The largest absolute Gasteiger partial charge is 0.312 e. The average molecular weight is 299 g/mol. The van der Waals surface area contributed by atoms with Crippen LogP contribution in [0.15, 0.2) is 53.4 Å². The second-order valence-corrected chi connectivity index (χ2v) is 6.79. The van der Waals surface area contributed by atoms with Gasteiger partial charge in [-0.2, -0.15) is 0 Å². The van der Waals surface area contributed by atoms with Gasteiger partial charge in [0.2, 0.25) is 0 Å². The molecule has 0 saturated heterocycles. The monoisotopic (exact) mass is 299 g/mol. The Morgan fingerprint density at radius 1 is 1.05 bits per heavy atom. The second kappa shape index (κ2) is 7.67. The molecule has 2 heteroatoms. The van der Waals surface area contributed by atoms with Crippen LogP contribution in [0.4, 0.5) is 0 Å². The molecule has 0 aliphatic carbocycles. The van der Waals surface area contributed by atoms with E-state index in [4.69, 9.17) is 0 Å². The van der Waals surface area contributed by atoms with E-state index in [1.807, 2.05) is 11.8 Å². The Balaban J connectivity index is 2.22. The number of aryl methyl sites for hydroxylation is 2. The maximum atomic E-state index is 3.50. The number of rotatable bonds is 6. The zero-order valence-electron chi connectivity index (χ0n) is 13.4.